The summed E-state index contributed by atoms with van der Waals surface area (Å²) in [5.41, 5.74) is 2.63. The van der Waals surface area contributed by atoms with Gasteiger partial charge in [0.1, 0.15) is 11.5 Å². The minimum atomic E-state index is 0.468. The molecule has 15 heavy (non-hydrogen) atoms. The molecule has 0 saturated carbocycles. The molecule has 3 nitrogen and oxygen atoms in total. The van der Waals surface area contributed by atoms with Crippen molar-refractivity contribution in [1.82, 2.24) is 5.32 Å². The molecule has 1 N–H and O–H groups in total. The van der Waals surface area contributed by atoms with Crippen molar-refractivity contribution in [2.45, 2.75) is 24.9 Å². The number of hydrogen-bond donors (Lipinski definition) is 1. The van der Waals surface area contributed by atoms with Gasteiger partial charge in [-0.25, -0.2) is 0 Å². The Morgan fingerprint density at radius 1 is 1.00 bits per heavy atom. The van der Waals surface area contributed by atoms with Crippen LogP contribution in [0.4, 0.5) is 0 Å². The molecular formula is C12H15NO2. The topological polar surface area (TPSA) is 30.5 Å². The summed E-state index contributed by atoms with van der Waals surface area (Å²) in [6.07, 6.45) is 2.42. The lowest BCUT2D eigenvalue weighted by molar-refractivity contribution is 0.391. The molecule has 3 rings (SSSR count). The van der Waals surface area contributed by atoms with Crippen molar-refractivity contribution < 1.29 is 9.47 Å². The van der Waals surface area contributed by atoms with Crippen molar-refractivity contribution in [3.8, 4) is 11.5 Å². The first kappa shape index (κ1) is 9.04. The quantitative estimate of drug-likeness (QED) is 0.802. The smallest absolute Gasteiger partial charge is 0.124 e. The third-order valence-corrected chi connectivity index (χ3v) is 3.49. The van der Waals surface area contributed by atoms with E-state index in [9.17, 15) is 0 Å². The average Bonchev–Trinajstić information content (AvgIpc) is 2.88. The van der Waals surface area contributed by atoms with E-state index in [1.807, 2.05) is 12.1 Å². The van der Waals surface area contributed by atoms with E-state index in [0.29, 0.717) is 12.1 Å². The second kappa shape index (κ2) is 3.14. The molecule has 2 aliphatic heterocycles. The zero-order valence-corrected chi connectivity index (χ0v) is 9.04. The highest BCUT2D eigenvalue weighted by Crippen LogP contribution is 2.52. The van der Waals surface area contributed by atoms with Gasteiger partial charge >= 0.3 is 0 Å². The zero-order chi connectivity index (χ0) is 10.4. The van der Waals surface area contributed by atoms with E-state index in [1.165, 1.54) is 24.0 Å². The lowest BCUT2D eigenvalue weighted by Crippen LogP contribution is -2.06. The summed E-state index contributed by atoms with van der Waals surface area (Å²) < 4.78 is 10.8. The van der Waals surface area contributed by atoms with E-state index in [4.69, 9.17) is 9.47 Å². The molecule has 2 bridgehead atoms. The van der Waals surface area contributed by atoms with Gasteiger partial charge in [0.25, 0.3) is 0 Å². The van der Waals surface area contributed by atoms with Crippen LogP contribution in [0.25, 0.3) is 0 Å². The molecule has 2 heterocycles. The van der Waals surface area contributed by atoms with E-state index in [2.05, 4.69) is 5.32 Å². The summed E-state index contributed by atoms with van der Waals surface area (Å²) in [4.78, 5) is 0. The molecule has 0 amide bonds. The number of rotatable bonds is 2. The van der Waals surface area contributed by atoms with Crippen molar-refractivity contribution in [3.63, 3.8) is 0 Å². The lowest BCUT2D eigenvalue weighted by atomic mass is 9.90. The Balaban J connectivity index is 2.21. The maximum atomic E-state index is 5.41. The van der Waals surface area contributed by atoms with Gasteiger partial charge in [-0.3, -0.25) is 0 Å². The predicted octanol–water partition coefficient (Wildman–Crippen LogP) is 2.18. The fourth-order valence-corrected chi connectivity index (χ4v) is 2.87. The van der Waals surface area contributed by atoms with E-state index in [-0.39, 0.29) is 0 Å². The third-order valence-electron chi connectivity index (χ3n) is 3.49. The van der Waals surface area contributed by atoms with Gasteiger partial charge in [-0.2, -0.15) is 0 Å². The average molecular weight is 205 g/mol. The molecule has 80 valence electrons. The van der Waals surface area contributed by atoms with Gasteiger partial charge in [-0.1, -0.05) is 0 Å². The van der Waals surface area contributed by atoms with E-state index < -0.39 is 0 Å². The molecule has 1 aromatic carbocycles. The molecule has 0 spiro atoms. The zero-order valence-electron chi connectivity index (χ0n) is 9.04. The minimum Gasteiger partial charge on any atom is -0.496 e. The van der Waals surface area contributed by atoms with Crippen molar-refractivity contribution in [1.29, 1.82) is 0 Å². The normalized spacial score (nSPS) is 26.5. The molecule has 0 aliphatic carbocycles. The van der Waals surface area contributed by atoms with Crippen LogP contribution in [-0.2, 0) is 0 Å². The summed E-state index contributed by atoms with van der Waals surface area (Å²) in [6, 6.07) is 4.94. The van der Waals surface area contributed by atoms with Gasteiger partial charge in [0.15, 0.2) is 0 Å². The number of nitrogens with one attached hydrogen (secondary N) is 1. The van der Waals surface area contributed by atoms with Crippen LogP contribution in [0.5, 0.6) is 11.5 Å². The maximum Gasteiger partial charge on any atom is 0.124 e. The summed E-state index contributed by atoms with van der Waals surface area (Å²) in [5, 5.41) is 3.58. The highest BCUT2D eigenvalue weighted by Gasteiger charge is 2.40. The summed E-state index contributed by atoms with van der Waals surface area (Å²) >= 11 is 0. The Morgan fingerprint density at radius 3 is 1.87 bits per heavy atom. The van der Waals surface area contributed by atoms with Crippen molar-refractivity contribution in [3.05, 3.63) is 23.3 Å². The maximum absolute atomic E-state index is 5.41. The highest BCUT2D eigenvalue weighted by molar-refractivity contribution is 5.56. The van der Waals surface area contributed by atoms with Gasteiger partial charge < -0.3 is 14.8 Å². The lowest BCUT2D eigenvalue weighted by Gasteiger charge is -2.19. The molecule has 0 radical (unpaired) electrons. The van der Waals surface area contributed by atoms with Gasteiger partial charge in [0.2, 0.25) is 0 Å². The van der Waals surface area contributed by atoms with Crippen LogP contribution in [0, 0.1) is 0 Å². The molecule has 1 fully saturated rings. The first-order valence-electron chi connectivity index (χ1n) is 5.36. The van der Waals surface area contributed by atoms with Crippen LogP contribution >= 0.6 is 0 Å². The Labute approximate surface area is 89.4 Å². The highest BCUT2D eigenvalue weighted by atomic mass is 16.5. The van der Waals surface area contributed by atoms with E-state index >= 15 is 0 Å². The first-order chi connectivity index (χ1) is 7.35. The van der Waals surface area contributed by atoms with Crippen molar-refractivity contribution >= 4 is 0 Å². The fraction of sp³-hybridized carbons (Fsp3) is 0.500. The van der Waals surface area contributed by atoms with E-state index in [1.54, 1.807) is 14.2 Å². The SMILES string of the molecule is COc1ccc(OC)c2c1C1CCC2N1. The molecule has 2 aliphatic rings. The Hall–Kier alpha value is -1.22. The third kappa shape index (κ3) is 1.10. The largest absolute Gasteiger partial charge is 0.496 e. The fourth-order valence-electron chi connectivity index (χ4n) is 2.87. The van der Waals surface area contributed by atoms with Crippen LogP contribution in [0.15, 0.2) is 12.1 Å². The van der Waals surface area contributed by atoms with Crippen LogP contribution in [0.3, 0.4) is 0 Å². The number of hydrogen-bond acceptors (Lipinski definition) is 3. The van der Waals surface area contributed by atoms with Crippen LogP contribution < -0.4 is 14.8 Å². The Morgan fingerprint density at radius 2 is 1.47 bits per heavy atom. The summed E-state index contributed by atoms with van der Waals surface area (Å²) in [7, 11) is 3.46. The number of benzene rings is 1. The molecule has 3 heteroatoms. The Bertz CT molecular complexity index is 366. The number of methoxy groups -OCH3 is 2. The molecule has 1 saturated heterocycles. The predicted molar refractivity (Wildman–Crippen MR) is 57.4 cm³/mol. The van der Waals surface area contributed by atoms with Crippen LogP contribution in [0.1, 0.15) is 36.1 Å². The molecule has 1 aromatic rings. The van der Waals surface area contributed by atoms with Gasteiger partial charge in [0.05, 0.1) is 14.2 Å². The van der Waals surface area contributed by atoms with Crippen LogP contribution in [-0.4, -0.2) is 14.2 Å². The molecule has 2 atom stereocenters. The molecular weight excluding hydrogens is 190 g/mol. The summed E-state index contributed by atoms with van der Waals surface area (Å²) in [6.45, 7) is 0. The second-order valence-electron chi connectivity index (χ2n) is 4.15. The standard InChI is InChI=1S/C12H15NO2/c1-14-9-5-6-10(15-2)12-8-4-3-7(13-8)11(9)12/h5-8,13H,3-4H2,1-2H3. The monoisotopic (exact) mass is 205 g/mol. The van der Waals surface area contributed by atoms with Gasteiger partial charge in [-0.05, 0) is 25.0 Å². The van der Waals surface area contributed by atoms with Gasteiger partial charge in [-0.15, -0.1) is 0 Å². The Kier molecular flexibility index (Phi) is 1.89. The molecule has 0 aromatic heterocycles. The number of fused-ring (bicyclic) bond motifs is 5. The van der Waals surface area contributed by atoms with E-state index in [0.717, 1.165) is 11.5 Å². The van der Waals surface area contributed by atoms with Crippen molar-refractivity contribution in [2.75, 3.05) is 14.2 Å². The summed E-state index contributed by atoms with van der Waals surface area (Å²) in [5.74, 6) is 1.98. The van der Waals surface area contributed by atoms with Crippen molar-refractivity contribution in [2.24, 2.45) is 0 Å². The number of ether oxygens (including phenoxy) is 2. The van der Waals surface area contributed by atoms with Gasteiger partial charge in [0, 0.05) is 23.2 Å². The molecule has 2 unspecified atom stereocenters. The van der Waals surface area contributed by atoms with Crippen LogP contribution in [0.2, 0.25) is 0 Å². The minimum absolute atomic E-state index is 0.468. The second-order valence-corrected chi connectivity index (χ2v) is 4.15. The first-order valence-corrected chi connectivity index (χ1v) is 5.36.